The van der Waals surface area contributed by atoms with Crippen LogP contribution in [0.3, 0.4) is 0 Å². The molecule has 3 N–H and O–H groups in total. The van der Waals surface area contributed by atoms with E-state index in [4.69, 9.17) is 0 Å². The van der Waals surface area contributed by atoms with Gasteiger partial charge in [-0.25, -0.2) is 8.42 Å². The van der Waals surface area contributed by atoms with Crippen molar-refractivity contribution < 1.29 is 13.2 Å². The minimum Gasteiger partial charge on any atom is -0.352 e. The average Bonchev–Trinajstić information content (AvgIpc) is 2.60. The Kier molecular flexibility index (Phi) is 6.55. The summed E-state index contributed by atoms with van der Waals surface area (Å²) in [6, 6.07) is 13.1. The quantitative estimate of drug-likeness (QED) is 0.629. The van der Waals surface area contributed by atoms with Crippen molar-refractivity contribution in [2.45, 2.75) is 18.2 Å². The Hall–Kier alpha value is -2.38. The standard InChI is InChI=1S/C18H23N3O3S/c1-14-6-3-4-7-17(14)21-25(23,24)16-10-8-15(9-11-16)18(22)20-13-5-12-19-2/h3-4,6-11,19,21H,5,12-13H2,1-2H3,(H,20,22). The van der Waals surface area contributed by atoms with E-state index in [1.165, 1.54) is 24.3 Å². The molecular weight excluding hydrogens is 338 g/mol. The van der Waals surface area contributed by atoms with Crippen LogP contribution in [0.15, 0.2) is 53.4 Å². The Morgan fingerprint density at radius 3 is 2.32 bits per heavy atom. The molecular formula is C18H23N3O3S. The first kappa shape index (κ1) is 19.0. The smallest absolute Gasteiger partial charge is 0.261 e. The molecule has 0 saturated heterocycles. The third-order valence-corrected chi connectivity index (χ3v) is 5.09. The van der Waals surface area contributed by atoms with E-state index in [0.717, 1.165) is 18.5 Å². The number of rotatable bonds is 8. The molecule has 6 nitrogen and oxygen atoms in total. The Balaban J connectivity index is 2.05. The Morgan fingerprint density at radius 1 is 1.00 bits per heavy atom. The third-order valence-electron chi connectivity index (χ3n) is 3.71. The summed E-state index contributed by atoms with van der Waals surface area (Å²) in [5, 5.41) is 5.80. The zero-order chi connectivity index (χ0) is 18.3. The van der Waals surface area contributed by atoms with Gasteiger partial charge in [-0.3, -0.25) is 9.52 Å². The van der Waals surface area contributed by atoms with E-state index < -0.39 is 10.0 Å². The molecule has 0 atom stereocenters. The van der Waals surface area contributed by atoms with E-state index in [0.29, 0.717) is 17.8 Å². The van der Waals surface area contributed by atoms with Crippen molar-refractivity contribution in [2.24, 2.45) is 0 Å². The normalized spacial score (nSPS) is 11.1. The molecule has 0 aromatic heterocycles. The van der Waals surface area contributed by atoms with Crippen LogP contribution < -0.4 is 15.4 Å². The van der Waals surface area contributed by atoms with Crippen molar-refractivity contribution >= 4 is 21.6 Å². The fourth-order valence-corrected chi connectivity index (χ4v) is 3.38. The van der Waals surface area contributed by atoms with E-state index in [9.17, 15) is 13.2 Å². The van der Waals surface area contributed by atoms with Crippen LogP contribution in [-0.4, -0.2) is 34.5 Å². The van der Waals surface area contributed by atoms with Crippen LogP contribution in [0.5, 0.6) is 0 Å². The largest absolute Gasteiger partial charge is 0.352 e. The molecule has 0 aliphatic carbocycles. The molecule has 0 unspecified atom stereocenters. The first-order valence-electron chi connectivity index (χ1n) is 8.05. The lowest BCUT2D eigenvalue weighted by atomic mass is 10.2. The second kappa shape index (κ2) is 8.64. The Labute approximate surface area is 148 Å². The lowest BCUT2D eigenvalue weighted by Gasteiger charge is -2.11. The number of sulfonamides is 1. The molecule has 2 aromatic carbocycles. The number of para-hydroxylation sites is 1. The SMILES string of the molecule is CNCCCNC(=O)c1ccc(S(=O)(=O)Nc2ccccc2C)cc1. The first-order valence-corrected chi connectivity index (χ1v) is 9.53. The lowest BCUT2D eigenvalue weighted by Crippen LogP contribution is -2.26. The highest BCUT2D eigenvalue weighted by molar-refractivity contribution is 7.92. The molecule has 0 aliphatic heterocycles. The van der Waals surface area contributed by atoms with Gasteiger partial charge in [0.2, 0.25) is 0 Å². The molecule has 0 heterocycles. The maximum Gasteiger partial charge on any atom is 0.261 e. The number of hydrogen-bond donors (Lipinski definition) is 3. The van der Waals surface area contributed by atoms with Crippen LogP contribution in [0, 0.1) is 6.92 Å². The summed E-state index contributed by atoms with van der Waals surface area (Å²) in [6.45, 7) is 3.22. The van der Waals surface area contributed by atoms with Crippen LogP contribution >= 0.6 is 0 Å². The highest BCUT2D eigenvalue weighted by Gasteiger charge is 2.16. The second-order valence-corrected chi connectivity index (χ2v) is 7.34. The zero-order valence-corrected chi connectivity index (χ0v) is 15.2. The van der Waals surface area contributed by atoms with Crippen molar-refractivity contribution in [1.82, 2.24) is 10.6 Å². The number of aryl methyl sites for hydroxylation is 1. The van der Waals surface area contributed by atoms with E-state index in [1.807, 2.05) is 26.1 Å². The molecule has 25 heavy (non-hydrogen) atoms. The fourth-order valence-electron chi connectivity index (χ4n) is 2.25. The van der Waals surface area contributed by atoms with Gasteiger partial charge >= 0.3 is 0 Å². The number of amides is 1. The summed E-state index contributed by atoms with van der Waals surface area (Å²) >= 11 is 0. The van der Waals surface area contributed by atoms with Gasteiger partial charge in [-0.15, -0.1) is 0 Å². The summed E-state index contributed by atoms with van der Waals surface area (Å²) in [4.78, 5) is 12.1. The summed E-state index contributed by atoms with van der Waals surface area (Å²) in [7, 11) is -1.84. The molecule has 0 spiro atoms. The van der Waals surface area contributed by atoms with Crippen LogP contribution in [-0.2, 0) is 10.0 Å². The van der Waals surface area contributed by atoms with Gasteiger partial charge < -0.3 is 10.6 Å². The minimum atomic E-state index is -3.69. The van der Waals surface area contributed by atoms with Crippen molar-refractivity contribution in [3.63, 3.8) is 0 Å². The van der Waals surface area contributed by atoms with Crippen molar-refractivity contribution in [2.75, 3.05) is 24.9 Å². The Morgan fingerprint density at radius 2 is 1.68 bits per heavy atom. The molecule has 0 radical (unpaired) electrons. The van der Waals surface area contributed by atoms with E-state index in [2.05, 4.69) is 15.4 Å². The van der Waals surface area contributed by atoms with Crippen molar-refractivity contribution in [3.05, 3.63) is 59.7 Å². The molecule has 0 fully saturated rings. The van der Waals surface area contributed by atoms with Gasteiger partial charge in [0.05, 0.1) is 10.6 Å². The molecule has 134 valence electrons. The van der Waals surface area contributed by atoms with Crippen LogP contribution in [0.1, 0.15) is 22.3 Å². The van der Waals surface area contributed by atoms with Gasteiger partial charge in [-0.2, -0.15) is 0 Å². The minimum absolute atomic E-state index is 0.113. The molecule has 0 bridgehead atoms. The summed E-state index contributed by atoms with van der Waals surface area (Å²) in [5.41, 5.74) is 1.80. The number of hydrogen-bond acceptors (Lipinski definition) is 4. The van der Waals surface area contributed by atoms with Crippen LogP contribution in [0.2, 0.25) is 0 Å². The fraction of sp³-hybridized carbons (Fsp3) is 0.278. The maximum atomic E-state index is 12.5. The van der Waals surface area contributed by atoms with E-state index in [-0.39, 0.29) is 10.8 Å². The maximum absolute atomic E-state index is 12.5. The first-order chi connectivity index (χ1) is 11.9. The predicted molar refractivity (Wildman–Crippen MR) is 99.3 cm³/mol. The Bertz CT molecular complexity index is 818. The van der Waals surface area contributed by atoms with Crippen LogP contribution in [0.25, 0.3) is 0 Å². The molecule has 1 amide bonds. The van der Waals surface area contributed by atoms with Gasteiger partial charge in [-0.05, 0) is 62.8 Å². The van der Waals surface area contributed by atoms with Gasteiger partial charge in [0.15, 0.2) is 0 Å². The monoisotopic (exact) mass is 361 g/mol. The molecule has 2 aromatic rings. The molecule has 2 rings (SSSR count). The summed E-state index contributed by atoms with van der Waals surface area (Å²) < 4.78 is 27.5. The third kappa shape index (κ3) is 5.30. The second-order valence-electron chi connectivity index (χ2n) is 5.66. The number of benzene rings is 2. The lowest BCUT2D eigenvalue weighted by molar-refractivity contribution is 0.0953. The number of nitrogens with one attached hydrogen (secondary N) is 3. The number of anilines is 1. The molecule has 0 aliphatic rings. The van der Waals surface area contributed by atoms with Gasteiger partial charge in [0.25, 0.3) is 15.9 Å². The molecule has 7 heteroatoms. The van der Waals surface area contributed by atoms with E-state index >= 15 is 0 Å². The van der Waals surface area contributed by atoms with Gasteiger partial charge in [0, 0.05) is 12.1 Å². The van der Waals surface area contributed by atoms with Crippen LogP contribution in [0.4, 0.5) is 5.69 Å². The topological polar surface area (TPSA) is 87.3 Å². The zero-order valence-electron chi connectivity index (χ0n) is 14.4. The predicted octanol–water partition coefficient (Wildman–Crippen LogP) is 2.14. The van der Waals surface area contributed by atoms with Crippen molar-refractivity contribution in [1.29, 1.82) is 0 Å². The average molecular weight is 361 g/mol. The highest BCUT2D eigenvalue weighted by atomic mass is 32.2. The molecule has 0 saturated carbocycles. The summed E-state index contributed by atoms with van der Waals surface area (Å²) in [6.07, 6.45) is 0.828. The number of carbonyl (C=O) groups is 1. The van der Waals surface area contributed by atoms with Gasteiger partial charge in [0.1, 0.15) is 0 Å². The summed E-state index contributed by atoms with van der Waals surface area (Å²) in [5.74, 6) is -0.216. The van der Waals surface area contributed by atoms with Gasteiger partial charge in [-0.1, -0.05) is 18.2 Å². The highest BCUT2D eigenvalue weighted by Crippen LogP contribution is 2.19. The van der Waals surface area contributed by atoms with E-state index in [1.54, 1.807) is 12.1 Å². The van der Waals surface area contributed by atoms with Crippen molar-refractivity contribution in [3.8, 4) is 0 Å². The number of carbonyl (C=O) groups excluding carboxylic acids is 1.